The third-order valence-corrected chi connectivity index (χ3v) is 5.73. The minimum absolute atomic E-state index is 0.612. The van der Waals surface area contributed by atoms with Crippen molar-refractivity contribution in [2.24, 2.45) is 0 Å². The minimum atomic E-state index is 0.612. The van der Waals surface area contributed by atoms with E-state index in [-0.39, 0.29) is 0 Å². The molecule has 20 heavy (non-hydrogen) atoms. The first kappa shape index (κ1) is 16.1. The van der Waals surface area contributed by atoms with Crippen molar-refractivity contribution in [1.29, 1.82) is 0 Å². The summed E-state index contributed by atoms with van der Waals surface area (Å²) in [5.74, 6) is 1.72. The Bertz CT molecular complexity index is 520. The fraction of sp³-hybridized carbons (Fsp3) is 0.375. The van der Waals surface area contributed by atoms with Crippen LogP contribution in [-0.2, 0) is 6.54 Å². The predicted molar refractivity (Wildman–Crippen MR) is 95.0 cm³/mol. The largest absolute Gasteiger partial charge is 0.311 e. The average molecular weight is 370 g/mol. The van der Waals surface area contributed by atoms with Gasteiger partial charge in [-0.1, -0.05) is 26.0 Å². The van der Waals surface area contributed by atoms with E-state index in [0.29, 0.717) is 5.92 Å². The molecule has 0 saturated carbocycles. The van der Waals surface area contributed by atoms with Gasteiger partial charge in [0.05, 0.1) is 0 Å². The molecule has 108 valence electrons. The van der Waals surface area contributed by atoms with Gasteiger partial charge in [-0.3, -0.25) is 0 Å². The van der Waals surface area contributed by atoms with E-state index in [2.05, 4.69) is 70.8 Å². The van der Waals surface area contributed by atoms with Crippen molar-refractivity contribution >= 4 is 39.0 Å². The fourth-order valence-corrected chi connectivity index (χ4v) is 4.08. The quantitative estimate of drug-likeness (QED) is 0.509. The van der Waals surface area contributed by atoms with Crippen LogP contribution in [0.3, 0.4) is 0 Å². The van der Waals surface area contributed by atoms with Gasteiger partial charge in [-0.25, -0.2) is 0 Å². The molecule has 0 unspecified atom stereocenters. The monoisotopic (exact) mass is 369 g/mol. The molecular formula is C16H20BrNS2. The molecule has 1 heterocycles. The van der Waals surface area contributed by atoms with Gasteiger partial charge in [-0.15, -0.1) is 23.1 Å². The van der Waals surface area contributed by atoms with E-state index in [1.165, 1.54) is 19.8 Å². The third kappa shape index (κ3) is 5.24. The molecule has 0 aliphatic rings. The molecule has 2 aromatic rings. The van der Waals surface area contributed by atoms with Crippen molar-refractivity contribution in [2.45, 2.75) is 31.2 Å². The fourth-order valence-electron chi connectivity index (χ4n) is 1.85. The van der Waals surface area contributed by atoms with Crippen LogP contribution in [0.5, 0.6) is 0 Å². The van der Waals surface area contributed by atoms with E-state index >= 15 is 0 Å². The number of nitrogens with one attached hydrogen (secondary N) is 1. The second-order valence-electron chi connectivity index (χ2n) is 4.98. The van der Waals surface area contributed by atoms with Crippen molar-refractivity contribution in [3.63, 3.8) is 0 Å². The first-order valence-corrected chi connectivity index (χ1v) is 9.47. The third-order valence-electron chi connectivity index (χ3n) is 3.02. The van der Waals surface area contributed by atoms with Gasteiger partial charge in [0.15, 0.2) is 0 Å². The standard InChI is InChI=1S/C16H20BrNS2/c1-12(2)13-3-5-15(6-4-13)19-8-7-18-10-16-9-14(17)11-20-16/h3-6,9,11-12,18H,7-8,10H2,1-2H3. The van der Waals surface area contributed by atoms with Crippen LogP contribution >= 0.6 is 39.0 Å². The predicted octanol–water partition coefficient (Wildman–Crippen LogP) is 5.52. The molecule has 0 spiro atoms. The topological polar surface area (TPSA) is 12.0 Å². The Hall–Kier alpha value is -0.290. The second-order valence-corrected chi connectivity index (χ2v) is 8.06. The molecule has 1 aromatic heterocycles. The maximum absolute atomic E-state index is 3.48. The second kappa shape index (κ2) is 8.23. The summed E-state index contributed by atoms with van der Waals surface area (Å²) < 4.78 is 1.18. The summed E-state index contributed by atoms with van der Waals surface area (Å²) in [6, 6.07) is 11.1. The Morgan fingerprint density at radius 2 is 2.00 bits per heavy atom. The van der Waals surface area contributed by atoms with Crippen LogP contribution < -0.4 is 5.32 Å². The molecule has 0 fully saturated rings. The summed E-state index contributed by atoms with van der Waals surface area (Å²) in [5.41, 5.74) is 1.41. The number of thioether (sulfide) groups is 1. The molecule has 0 atom stereocenters. The van der Waals surface area contributed by atoms with Crippen molar-refractivity contribution < 1.29 is 0 Å². The molecule has 4 heteroatoms. The minimum Gasteiger partial charge on any atom is -0.311 e. The molecule has 2 rings (SSSR count). The number of thiophene rings is 1. The number of hydrogen-bond donors (Lipinski definition) is 1. The Labute approximate surface area is 138 Å². The summed E-state index contributed by atoms with van der Waals surface area (Å²) in [4.78, 5) is 2.73. The summed E-state index contributed by atoms with van der Waals surface area (Å²) in [6.45, 7) is 6.46. The zero-order valence-electron chi connectivity index (χ0n) is 11.9. The first-order chi connectivity index (χ1) is 9.65. The summed E-state index contributed by atoms with van der Waals surface area (Å²) in [5, 5.41) is 5.61. The van der Waals surface area contributed by atoms with Gasteiger partial charge in [0.1, 0.15) is 0 Å². The van der Waals surface area contributed by atoms with Crippen molar-refractivity contribution in [3.05, 3.63) is 50.6 Å². The average Bonchev–Trinajstić information content (AvgIpc) is 2.84. The highest BCUT2D eigenvalue weighted by atomic mass is 79.9. The van der Waals surface area contributed by atoms with E-state index in [0.717, 1.165) is 18.8 Å². The van der Waals surface area contributed by atoms with E-state index in [1.807, 2.05) is 11.8 Å². The highest BCUT2D eigenvalue weighted by Crippen LogP contribution is 2.22. The zero-order chi connectivity index (χ0) is 14.4. The van der Waals surface area contributed by atoms with E-state index in [4.69, 9.17) is 0 Å². The molecule has 0 saturated heterocycles. The molecule has 0 aliphatic carbocycles. The van der Waals surface area contributed by atoms with Crippen LogP contribution in [0.15, 0.2) is 45.1 Å². The Balaban J connectivity index is 1.65. The Morgan fingerprint density at radius 1 is 1.25 bits per heavy atom. The number of hydrogen-bond acceptors (Lipinski definition) is 3. The van der Waals surface area contributed by atoms with Crippen LogP contribution in [-0.4, -0.2) is 12.3 Å². The lowest BCUT2D eigenvalue weighted by Gasteiger charge is -2.07. The molecule has 0 aliphatic heterocycles. The van der Waals surface area contributed by atoms with E-state index in [9.17, 15) is 0 Å². The maximum Gasteiger partial charge on any atom is 0.0300 e. The van der Waals surface area contributed by atoms with Gasteiger partial charge in [0.2, 0.25) is 0 Å². The number of halogens is 1. The summed E-state index contributed by atoms with van der Waals surface area (Å²) >= 11 is 7.18. The van der Waals surface area contributed by atoms with E-state index in [1.54, 1.807) is 11.3 Å². The lowest BCUT2D eigenvalue weighted by molar-refractivity contribution is 0.741. The molecule has 0 bridgehead atoms. The number of rotatable bonds is 7. The van der Waals surface area contributed by atoms with Gasteiger partial charge in [-0.05, 0) is 45.6 Å². The van der Waals surface area contributed by atoms with Gasteiger partial charge >= 0.3 is 0 Å². The van der Waals surface area contributed by atoms with Crippen LogP contribution in [0.4, 0.5) is 0 Å². The SMILES string of the molecule is CC(C)c1ccc(SCCNCc2cc(Br)cs2)cc1. The molecule has 0 amide bonds. The normalized spacial score (nSPS) is 11.2. The maximum atomic E-state index is 3.48. The van der Waals surface area contributed by atoms with Gasteiger partial charge in [-0.2, -0.15) is 0 Å². The van der Waals surface area contributed by atoms with Crippen molar-refractivity contribution in [2.75, 3.05) is 12.3 Å². The van der Waals surface area contributed by atoms with E-state index < -0.39 is 0 Å². The smallest absolute Gasteiger partial charge is 0.0300 e. The summed E-state index contributed by atoms with van der Waals surface area (Å²) in [7, 11) is 0. The summed E-state index contributed by atoms with van der Waals surface area (Å²) in [6.07, 6.45) is 0. The van der Waals surface area contributed by atoms with Crippen LogP contribution in [0, 0.1) is 0 Å². The first-order valence-electron chi connectivity index (χ1n) is 6.81. The molecule has 1 N–H and O–H groups in total. The highest BCUT2D eigenvalue weighted by molar-refractivity contribution is 9.10. The lowest BCUT2D eigenvalue weighted by atomic mass is 10.0. The van der Waals surface area contributed by atoms with Crippen LogP contribution in [0.2, 0.25) is 0 Å². The molecule has 1 nitrogen and oxygen atoms in total. The van der Waals surface area contributed by atoms with Crippen molar-refractivity contribution in [3.8, 4) is 0 Å². The number of benzene rings is 1. The van der Waals surface area contributed by atoms with Gasteiger partial charge in [0.25, 0.3) is 0 Å². The molecule has 1 aromatic carbocycles. The Kier molecular flexibility index (Phi) is 6.62. The van der Waals surface area contributed by atoms with Gasteiger partial charge < -0.3 is 5.32 Å². The van der Waals surface area contributed by atoms with Crippen molar-refractivity contribution in [1.82, 2.24) is 5.32 Å². The zero-order valence-corrected chi connectivity index (χ0v) is 15.1. The van der Waals surface area contributed by atoms with Crippen LogP contribution in [0.25, 0.3) is 0 Å². The molecular weight excluding hydrogens is 350 g/mol. The Morgan fingerprint density at radius 3 is 2.60 bits per heavy atom. The highest BCUT2D eigenvalue weighted by Gasteiger charge is 2.00. The molecule has 0 radical (unpaired) electrons. The lowest BCUT2D eigenvalue weighted by Crippen LogP contribution is -2.15. The van der Waals surface area contributed by atoms with Gasteiger partial charge in [0, 0.05) is 38.5 Å². The van der Waals surface area contributed by atoms with Crippen LogP contribution in [0.1, 0.15) is 30.2 Å².